The standard InChI is InChI=1S/C9H7O.Sn.H/c1-7-2-3-8-5-10-6-9(8)4-7;;/h2-4,6H,1H3;;. The van der Waals surface area contributed by atoms with E-state index < -0.39 is 0 Å². The third-order valence-electron chi connectivity index (χ3n) is 1.79. The molecule has 11 heavy (non-hydrogen) atoms. The predicted octanol–water partition coefficient (Wildman–Crippen LogP) is 1.27. The molecular formula is C9H8OSn. The van der Waals surface area contributed by atoms with Gasteiger partial charge in [0.15, 0.2) is 0 Å². The molecule has 0 atom stereocenters. The number of fused-ring (bicyclic) bond motifs is 1. The van der Waals surface area contributed by atoms with E-state index in [0.717, 1.165) is 26.3 Å². The van der Waals surface area contributed by atoms with Gasteiger partial charge in [-0.1, -0.05) is 0 Å². The first kappa shape index (κ1) is 7.22. The summed E-state index contributed by atoms with van der Waals surface area (Å²) in [6.45, 7) is 2.10. The molecule has 0 aliphatic rings. The molecule has 0 saturated heterocycles. The monoisotopic (exact) mass is 252 g/mol. The molecule has 0 aliphatic heterocycles. The van der Waals surface area contributed by atoms with Crippen LogP contribution in [0, 0.1) is 6.92 Å². The second-order valence-corrected chi connectivity index (χ2v) is 4.19. The van der Waals surface area contributed by atoms with Gasteiger partial charge in [0.1, 0.15) is 0 Å². The van der Waals surface area contributed by atoms with Crippen LogP contribution in [0.3, 0.4) is 0 Å². The topological polar surface area (TPSA) is 13.1 Å². The third kappa shape index (κ3) is 1.18. The van der Waals surface area contributed by atoms with E-state index in [4.69, 9.17) is 4.42 Å². The molecule has 0 unspecified atom stereocenters. The quantitative estimate of drug-likeness (QED) is 0.642. The molecule has 2 aromatic rings. The first-order chi connectivity index (χ1) is 5.27. The van der Waals surface area contributed by atoms with E-state index in [1.807, 2.05) is 6.26 Å². The van der Waals surface area contributed by atoms with E-state index in [-0.39, 0.29) is 0 Å². The normalized spacial score (nSPS) is 10.7. The molecule has 0 amide bonds. The van der Waals surface area contributed by atoms with Crippen molar-refractivity contribution in [2.24, 2.45) is 0 Å². The van der Waals surface area contributed by atoms with Crippen molar-refractivity contribution in [3.05, 3.63) is 30.0 Å². The van der Waals surface area contributed by atoms with Crippen molar-refractivity contribution >= 4 is 37.1 Å². The van der Waals surface area contributed by atoms with E-state index in [1.54, 1.807) is 0 Å². The summed E-state index contributed by atoms with van der Waals surface area (Å²) < 4.78 is 6.46. The molecule has 1 nitrogen and oxygen atoms in total. The summed E-state index contributed by atoms with van der Waals surface area (Å²) in [4.78, 5) is 0. The van der Waals surface area contributed by atoms with Crippen LogP contribution in [0.15, 0.2) is 28.9 Å². The number of benzene rings is 1. The van der Waals surface area contributed by atoms with Crippen molar-refractivity contribution in [1.82, 2.24) is 0 Å². The molecule has 0 saturated carbocycles. The summed E-state index contributed by atoms with van der Waals surface area (Å²) in [5, 5.41) is 2.51. The first-order valence-corrected chi connectivity index (χ1v) is 5.15. The maximum atomic E-state index is 5.33. The zero-order chi connectivity index (χ0) is 7.84. The Bertz CT molecular complexity index is 389. The number of aryl methyl sites for hydroxylation is 1. The average Bonchev–Trinajstić information content (AvgIpc) is 2.32. The molecule has 2 rings (SSSR count). The van der Waals surface area contributed by atoms with Crippen molar-refractivity contribution in [3.8, 4) is 0 Å². The van der Waals surface area contributed by atoms with E-state index in [9.17, 15) is 0 Å². The molecular weight excluding hydrogens is 243 g/mol. The van der Waals surface area contributed by atoms with E-state index in [1.165, 1.54) is 16.3 Å². The second kappa shape index (κ2) is 2.55. The SMILES string of the molecule is Cc1ccc2[c]([SnH])occ2c1. The van der Waals surface area contributed by atoms with Crippen molar-refractivity contribution in [2.75, 3.05) is 0 Å². The van der Waals surface area contributed by atoms with Crippen LogP contribution in [0.2, 0.25) is 0 Å². The van der Waals surface area contributed by atoms with Crippen LogP contribution in [0.25, 0.3) is 10.8 Å². The summed E-state index contributed by atoms with van der Waals surface area (Å²) >= 11 is 1.05. The Kier molecular flexibility index (Phi) is 1.68. The van der Waals surface area contributed by atoms with Gasteiger partial charge in [-0.05, 0) is 0 Å². The van der Waals surface area contributed by atoms with Crippen molar-refractivity contribution in [1.29, 1.82) is 0 Å². The Morgan fingerprint density at radius 3 is 3.00 bits per heavy atom. The van der Waals surface area contributed by atoms with Gasteiger partial charge >= 0.3 is 78.4 Å². The molecule has 2 radical (unpaired) electrons. The second-order valence-electron chi connectivity index (χ2n) is 2.69. The van der Waals surface area contributed by atoms with Crippen LogP contribution in [-0.4, -0.2) is 22.5 Å². The predicted molar refractivity (Wildman–Crippen MR) is 47.7 cm³/mol. The van der Waals surface area contributed by atoms with Crippen molar-refractivity contribution in [3.63, 3.8) is 0 Å². The van der Waals surface area contributed by atoms with E-state index in [0.29, 0.717) is 0 Å². The summed E-state index contributed by atoms with van der Waals surface area (Å²) in [6.07, 6.45) is 1.84. The molecule has 0 N–H and O–H groups in total. The molecule has 0 fully saturated rings. The Hall–Kier alpha value is -0.441. The minimum absolute atomic E-state index is 1.05. The van der Waals surface area contributed by atoms with E-state index in [2.05, 4.69) is 25.1 Å². The summed E-state index contributed by atoms with van der Waals surface area (Å²) in [6, 6.07) is 6.41. The summed E-state index contributed by atoms with van der Waals surface area (Å²) in [7, 11) is 0. The van der Waals surface area contributed by atoms with Crippen LogP contribution in [0.1, 0.15) is 5.56 Å². The third-order valence-corrected chi connectivity index (χ3v) is 3.06. The van der Waals surface area contributed by atoms with Crippen LogP contribution in [-0.2, 0) is 0 Å². The molecule has 1 aromatic heterocycles. The van der Waals surface area contributed by atoms with Gasteiger partial charge in [-0.2, -0.15) is 0 Å². The van der Waals surface area contributed by atoms with Crippen LogP contribution in [0.4, 0.5) is 0 Å². The van der Waals surface area contributed by atoms with Gasteiger partial charge in [0.2, 0.25) is 0 Å². The number of hydrogen-bond donors (Lipinski definition) is 0. The Balaban J connectivity index is 2.86. The fraction of sp³-hybridized carbons (Fsp3) is 0.111. The van der Waals surface area contributed by atoms with Crippen LogP contribution >= 0.6 is 0 Å². The fourth-order valence-electron chi connectivity index (χ4n) is 1.19. The Morgan fingerprint density at radius 2 is 2.18 bits per heavy atom. The zero-order valence-electron chi connectivity index (χ0n) is 6.29. The van der Waals surface area contributed by atoms with Gasteiger partial charge in [-0.15, -0.1) is 0 Å². The average molecular weight is 251 g/mol. The molecule has 1 heterocycles. The zero-order valence-corrected chi connectivity index (χ0v) is 9.59. The molecule has 0 bridgehead atoms. The number of rotatable bonds is 0. The van der Waals surface area contributed by atoms with Crippen molar-refractivity contribution < 1.29 is 4.42 Å². The summed E-state index contributed by atoms with van der Waals surface area (Å²) in [5.74, 6) is 0. The van der Waals surface area contributed by atoms with Gasteiger partial charge in [0, 0.05) is 0 Å². The molecule has 2 heteroatoms. The minimum atomic E-state index is 1.05. The van der Waals surface area contributed by atoms with Crippen LogP contribution < -0.4 is 3.78 Å². The Morgan fingerprint density at radius 1 is 1.36 bits per heavy atom. The number of hydrogen-bond acceptors (Lipinski definition) is 1. The first-order valence-electron chi connectivity index (χ1n) is 3.51. The van der Waals surface area contributed by atoms with Gasteiger partial charge in [0.25, 0.3) is 0 Å². The molecule has 0 spiro atoms. The number of furan rings is 1. The van der Waals surface area contributed by atoms with E-state index >= 15 is 0 Å². The fourth-order valence-corrected chi connectivity index (χ4v) is 2.14. The van der Waals surface area contributed by atoms with Crippen LogP contribution in [0.5, 0.6) is 0 Å². The summed E-state index contributed by atoms with van der Waals surface area (Å²) in [5.41, 5.74) is 1.29. The molecule has 54 valence electrons. The Labute approximate surface area is 78.5 Å². The van der Waals surface area contributed by atoms with Gasteiger partial charge in [0.05, 0.1) is 0 Å². The maximum absolute atomic E-state index is 5.33. The van der Waals surface area contributed by atoms with Gasteiger partial charge in [-0.3, -0.25) is 0 Å². The van der Waals surface area contributed by atoms with Gasteiger partial charge < -0.3 is 0 Å². The van der Waals surface area contributed by atoms with Crippen molar-refractivity contribution in [2.45, 2.75) is 6.92 Å². The molecule has 1 aromatic carbocycles. The molecule has 0 aliphatic carbocycles. The van der Waals surface area contributed by atoms with Gasteiger partial charge in [-0.25, -0.2) is 0 Å².